The van der Waals surface area contributed by atoms with Crippen LogP contribution in [0.5, 0.6) is 0 Å². The fraction of sp³-hybridized carbons (Fsp3) is 1.00. The second-order valence-corrected chi connectivity index (χ2v) is 3.90. The molecule has 2 heteroatoms. The molecule has 0 radical (unpaired) electrons. The normalized spacial score (nSPS) is 32.7. The van der Waals surface area contributed by atoms with Crippen LogP contribution >= 0.6 is 0 Å². The Kier molecular flexibility index (Phi) is 3.34. The minimum absolute atomic E-state index is 0.630. The SMILES string of the molecule is CC(C)NC1CCNC(C)C1. The van der Waals surface area contributed by atoms with Crippen molar-refractivity contribution < 1.29 is 0 Å². The first-order valence-corrected chi connectivity index (χ1v) is 4.68. The van der Waals surface area contributed by atoms with Crippen LogP contribution in [0.1, 0.15) is 33.6 Å². The van der Waals surface area contributed by atoms with E-state index in [4.69, 9.17) is 0 Å². The standard InChI is InChI=1S/C9H20N2/c1-7(2)11-9-4-5-10-8(3)6-9/h7-11H,4-6H2,1-3H3. The Balaban J connectivity index is 2.23. The van der Waals surface area contributed by atoms with Crippen molar-refractivity contribution in [1.82, 2.24) is 10.6 Å². The van der Waals surface area contributed by atoms with Gasteiger partial charge in [0.1, 0.15) is 0 Å². The van der Waals surface area contributed by atoms with Gasteiger partial charge in [-0.15, -0.1) is 0 Å². The zero-order valence-corrected chi connectivity index (χ0v) is 7.85. The van der Waals surface area contributed by atoms with Gasteiger partial charge in [0.2, 0.25) is 0 Å². The first-order valence-electron chi connectivity index (χ1n) is 4.68. The molecule has 11 heavy (non-hydrogen) atoms. The third-order valence-corrected chi connectivity index (χ3v) is 2.19. The summed E-state index contributed by atoms with van der Waals surface area (Å²) in [6.45, 7) is 7.86. The Morgan fingerprint density at radius 2 is 2.18 bits per heavy atom. The minimum Gasteiger partial charge on any atom is -0.314 e. The molecule has 0 aliphatic carbocycles. The van der Waals surface area contributed by atoms with Crippen molar-refractivity contribution in [3.8, 4) is 0 Å². The highest BCUT2D eigenvalue weighted by atomic mass is 15.0. The van der Waals surface area contributed by atoms with Crippen molar-refractivity contribution >= 4 is 0 Å². The number of hydrogen-bond donors (Lipinski definition) is 2. The van der Waals surface area contributed by atoms with Crippen LogP contribution in [0.15, 0.2) is 0 Å². The summed E-state index contributed by atoms with van der Waals surface area (Å²) in [6.07, 6.45) is 2.56. The lowest BCUT2D eigenvalue weighted by Crippen LogP contribution is -2.46. The molecule has 1 fully saturated rings. The van der Waals surface area contributed by atoms with E-state index in [1.54, 1.807) is 0 Å². The molecule has 0 spiro atoms. The molecule has 0 bridgehead atoms. The first-order chi connectivity index (χ1) is 5.18. The van der Waals surface area contributed by atoms with Crippen LogP contribution in [0, 0.1) is 0 Å². The molecule has 66 valence electrons. The smallest absolute Gasteiger partial charge is 0.00962 e. The van der Waals surface area contributed by atoms with E-state index in [0.717, 1.165) is 6.04 Å². The fourth-order valence-electron chi connectivity index (χ4n) is 1.75. The van der Waals surface area contributed by atoms with E-state index in [0.29, 0.717) is 12.1 Å². The highest BCUT2D eigenvalue weighted by Crippen LogP contribution is 2.08. The van der Waals surface area contributed by atoms with Gasteiger partial charge in [-0.3, -0.25) is 0 Å². The summed E-state index contributed by atoms with van der Waals surface area (Å²) >= 11 is 0. The van der Waals surface area contributed by atoms with Crippen LogP contribution < -0.4 is 10.6 Å². The Hall–Kier alpha value is -0.0800. The highest BCUT2D eigenvalue weighted by Gasteiger charge is 2.17. The molecule has 2 N–H and O–H groups in total. The lowest BCUT2D eigenvalue weighted by atomic mass is 10.0. The summed E-state index contributed by atoms with van der Waals surface area (Å²) in [5, 5.41) is 7.02. The number of hydrogen-bond acceptors (Lipinski definition) is 2. The van der Waals surface area contributed by atoms with Crippen molar-refractivity contribution in [2.24, 2.45) is 0 Å². The largest absolute Gasteiger partial charge is 0.314 e. The average molecular weight is 156 g/mol. The van der Waals surface area contributed by atoms with E-state index in [9.17, 15) is 0 Å². The van der Waals surface area contributed by atoms with Gasteiger partial charge in [0.25, 0.3) is 0 Å². The maximum atomic E-state index is 3.57. The zero-order chi connectivity index (χ0) is 8.27. The zero-order valence-electron chi connectivity index (χ0n) is 7.85. The van der Waals surface area contributed by atoms with E-state index in [1.165, 1.54) is 19.4 Å². The van der Waals surface area contributed by atoms with Crippen LogP contribution in [0.4, 0.5) is 0 Å². The van der Waals surface area contributed by atoms with Gasteiger partial charge < -0.3 is 10.6 Å². The van der Waals surface area contributed by atoms with Gasteiger partial charge in [0.15, 0.2) is 0 Å². The van der Waals surface area contributed by atoms with E-state index < -0.39 is 0 Å². The Morgan fingerprint density at radius 1 is 1.45 bits per heavy atom. The Bertz CT molecular complexity index is 110. The fourth-order valence-corrected chi connectivity index (χ4v) is 1.75. The van der Waals surface area contributed by atoms with Crippen molar-refractivity contribution in [3.05, 3.63) is 0 Å². The van der Waals surface area contributed by atoms with Crippen molar-refractivity contribution in [3.63, 3.8) is 0 Å². The van der Waals surface area contributed by atoms with Gasteiger partial charge in [-0.05, 0) is 26.3 Å². The number of nitrogens with one attached hydrogen (secondary N) is 2. The van der Waals surface area contributed by atoms with Crippen LogP contribution in [0.2, 0.25) is 0 Å². The van der Waals surface area contributed by atoms with Crippen LogP contribution in [-0.2, 0) is 0 Å². The molecular weight excluding hydrogens is 136 g/mol. The molecular formula is C9H20N2. The summed E-state index contributed by atoms with van der Waals surface area (Å²) < 4.78 is 0. The Labute approximate surface area is 69.8 Å². The third-order valence-electron chi connectivity index (χ3n) is 2.19. The maximum Gasteiger partial charge on any atom is 0.00962 e. The van der Waals surface area contributed by atoms with Gasteiger partial charge in [-0.25, -0.2) is 0 Å². The predicted octanol–water partition coefficient (Wildman–Crippen LogP) is 1.12. The molecule has 1 saturated heterocycles. The topological polar surface area (TPSA) is 24.1 Å². The van der Waals surface area contributed by atoms with Crippen LogP contribution in [0.3, 0.4) is 0 Å². The highest BCUT2D eigenvalue weighted by molar-refractivity contribution is 4.80. The molecule has 1 heterocycles. The monoisotopic (exact) mass is 156 g/mol. The van der Waals surface area contributed by atoms with Gasteiger partial charge in [0, 0.05) is 18.1 Å². The van der Waals surface area contributed by atoms with Crippen molar-refractivity contribution in [2.75, 3.05) is 6.54 Å². The first kappa shape index (κ1) is 9.01. The minimum atomic E-state index is 0.630. The second kappa shape index (κ2) is 4.07. The summed E-state index contributed by atoms with van der Waals surface area (Å²) in [4.78, 5) is 0. The molecule has 2 atom stereocenters. The molecule has 1 aliphatic heterocycles. The summed E-state index contributed by atoms with van der Waals surface area (Å²) in [5.74, 6) is 0. The lowest BCUT2D eigenvalue weighted by Gasteiger charge is -2.30. The summed E-state index contributed by atoms with van der Waals surface area (Å²) in [7, 11) is 0. The average Bonchev–Trinajstić information content (AvgIpc) is 1.85. The quantitative estimate of drug-likeness (QED) is 0.626. The van der Waals surface area contributed by atoms with E-state index in [-0.39, 0.29) is 0 Å². The molecule has 0 aromatic heterocycles. The molecule has 1 rings (SSSR count). The van der Waals surface area contributed by atoms with Crippen LogP contribution in [0.25, 0.3) is 0 Å². The van der Waals surface area contributed by atoms with E-state index >= 15 is 0 Å². The van der Waals surface area contributed by atoms with E-state index in [2.05, 4.69) is 31.4 Å². The van der Waals surface area contributed by atoms with Gasteiger partial charge in [-0.2, -0.15) is 0 Å². The lowest BCUT2D eigenvalue weighted by molar-refractivity contribution is 0.317. The summed E-state index contributed by atoms with van der Waals surface area (Å²) in [5.41, 5.74) is 0. The molecule has 2 unspecified atom stereocenters. The van der Waals surface area contributed by atoms with Gasteiger partial charge in [-0.1, -0.05) is 13.8 Å². The molecule has 2 nitrogen and oxygen atoms in total. The third kappa shape index (κ3) is 3.21. The maximum absolute atomic E-state index is 3.57. The number of rotatable bonds is 2. The summed E-state index contributed by atoms with van der Waals surface area (Å²) in [6, 6.07) is 2.07. The van der Waals surface area contributed by atoms with Crippen LogP contribution in [-0.4, -0.2) is 24.7 Å². The molecule has 0 amide bonds. The molecule has 0 aromatic rings. The van der Waals surface area contributed by atoms with E-state index in [1.807, 2.05) is 0 Å². The van der Waals surface area contributed by atoms with Crippen molar-refractivity contribution in [1.29, 1.82) is 0 Å². The Morgan fingerprint density at radius 3 is 2.73 bits per heavy atom. The van der Waals surface area contributed by atoms with Gasteiger partial charge in [0.05, 0.1) is 0 Å². The predicted molar refractivity (Wildman–Crippen MR) is 48.8 cm³/mol. The second-order valence-electron chi connectivity index (χ2n) is 3.90. The van der Waals surface area contributed by atoms with Crippen molar-refractivity contribution in [2.45, 2.75) is 51.7 Å². The molecule has 1 aliphatic rings. The molecule has 0 saturated carbocycles. The molecule has 0 aromatic carbocycles. The number of piperidine rings is 1. The van der Waals surface area contributed by atoms with Gasteiger partial charge >= 0.3 is 0 Å².